The number of hydrogen-bond donors (Lipinski definition) is 1. The van der Waals surface area contributed by atoms with Crippen molar-refractivity contribution in [3.05, 3.63) is 36.2 Å². The van der Waals surface area contributed by atoms with Crippen LogP contribution in [-0.2, 0) is 7.05 Å². The first-order valence-corrected chi connectivity index (χ1v) is 7.80. The van der Waals surface area contributed by atoms with Crippen molar-refractivity contribution < 1.29 is 4.79 Å². The Bertz CT molecular complexity index is 664. The second kappa shape index (κ2) is 6.28. The molecule has 1 unspecified atom stereocenters. The number of nitrogens with one attached hydrogen (secondary N) is 1. The van der Waals surface area contributed by atoms with Crippen LogP contribution in [0.15, 0.2) is 30.3 Å². The van der Waals surface area contributed by atoms with Crippen LogP contribution in [0.25, 0.3) is 0 Å². The number of benzene rings is 1. The fourth-order valence-corrected chi connectivity index (χ4v) is 2.82. The quantitative estimate of drug-likeness (QED) is 0.919. The molecule has 122 valence electrons. The summed E-state index contributed by atoms with van der Waals surface area (Å²) < 4.78 is 1.65. The van der Waals surface area contributed by atoms with E-state index >= 15 is 0 Å². The van der Waals surface area contributed by atoms with Crippen molar-refractivity contribution in [2.24, 2.45) is 7.05 Å². The average molecular weight is 314 g/mol. The van der Waals surface area contributed by atoms with E-state index in [2.05, 4.69) is 39.4 Å². The van der Waals surface area contributed by atoms with Crippen LogP contribution in [0.3, 0.4) is 0 Å². The van der Waals surface area contributed by atoms with Gasteiger partial charge < -0.3 is 9.80 Å². The normalized spacial score (nSPS) is 18.1. The van der Waals surface area contributed by atoms with E-state index in [0.29, 0.717) is 12.5 Å². The number of para-hydroxylation sites is 1. The standard InChI is InChI=1S/C16H22N6O/c1-12-11-21(14-7-5-4-6-8-14)9-10-22(12)16(23)18-15-17-13(2)20(3)19-15/h4-8,12H,9-11H2,1-3H3,(H,18,19,23). The Labute approximate surface area is 135 Å². The van der Waals surface area contributed by atoms with Crippen LogP contribution >= 0.6 is 0 Å². The summed E-state index contributed by atoms with van der Waals surface area (Å²) >= 11 is 0. The highest BCUT2D eigenvalue weighted by Crippen LogP contribution is 2.19. The zero-order valence-electron chi connectivity index (χ0n) is 13.7. The molecular weight excluding hydrogens is 292 g/mol. The lowest BCUT2D eigenvalue weighted by atomic mass is 10.1. The van der Waals surface area contributed by atoms with E-state index in [1.165, 1.54) is 5.69 Å². The summed E-state index contributed by atoms with van der Waals surface area (Å²) in [5.41, 5.74) is 1.20. The lowest BCUT2D eigenvalue weighted by molar-refractivity contribution is 0.184. The van der Waals surface area contributed by atoms with E-state index in [9.17, 15) is 4.79 Å². The minimum Gasteiger partial charge on any atom is -0.368 e. The maximum atomic E-state index is 12.4. The van der Waals surface area contributed by atoms with E-state index in [-0.39, 0.29) is 12.1 Å². The van der Waals surface area contributed by atoms with Crippen molar-refractivity contribution in [1.82, 2.24) is 19.7 Å². The van der Waals surface area contributed by atoms with Crippen LogP contribution in [0.2, 0.25) is 0 Å². The number of aryl methyl sites for hydroxylation is 2. The fourth-order valence-electron chi connectivity index (χ4n) is 2.82. The largest absolute Gasteiger partial charge is 0.368 e. The summed E-state index contributed by atoms with van der Waals surface area (Å²) in [5, 5.41) is 6.95. The minimum atomic E-state index is -0.143. The molecule has 7 nitrogen and oxygen atoms in total. The van der Waals surface area contributed by atoms with E-state index in [1.54, 1.807) is 11.7 Å². The number of carbonyl (C=O) groups is 1. The Morgan fingerprint density at radius 2 is 2.00 bits per heavy atom. The summed E-state index contributed by atoms with van der Waals surface area (Å²) in [4.78, 5) is 20.8. The van der Waals surface area contributed by atoms with Crippen LogP contribution < -0.4 is 10.2 Å². The molecule has 7 heteroatoms. The lowest BCUT2D eigenvalue weighted by Gasteiger charge is -2.40. The average Bonchev–Trinajstić information content (AvgIpc) is 2.85. The lowest BCUT2D eigenvalue weighted by Crippen LogP contribution is -2.55. The Morgan fingerprint density at radius 1 is 1.26 bits per heavy atom. The first kappa shape index (κ1) is 15.3. The van der Waals surface area contributed by atoms with Crippen molar-refractivity contribution in [2.75, 3.05) is 29.9 Å². The fraction of sp³-hybridized carbons (Fsp3) is 0.438. The first-order valence-electron chi connectivity index (χ1n) is 7.80. The van der Waals surface area contributed by atoms with Crippen molar-refractivity contribution in [1.29, 1.82) is 0 Å². The van der Waals surface area contributed by atoms with E-state index < -0.39 is 0 Å². The maximum absolute atomic E-state index is 12.4. The first-order chi connectivity index (χ1) is 11.0. The van der Waals surface area contributed by atoms with Gasteiger partial charge in [-0.05, 0) is 26.0 Å². The number of hydrogen-bond acceptors (Lipinski definition) is 4. The second-order valence-electron chi connectivity index (χ2n) is 5.86. The highest BCUT2D eigenvalue weighted by atomic mass is 16.2. The van der Waals surface area contributed by atoms with Crippen LogP contribution in [0, 0.1) is 6.92 Å². The molecule has 0 saturated carbocycles. The molecule has 1 aliphatic heterocycles. The third kappa shape index (κ3) is 3.28. The summed E-state index contributed by atoms with van der Waals surface area (Å²) in [6, 6.07) is 10.3. The molecular formula is C16H22N6O. The maximum Gasteiger partial charge on any atom is 0.324 e. The van der Waals surface area contributed by atoms with Gasteiger partial charge in [0.25, 0.3) is 0 Å². The van der Waals surface area contributed by atoms with Gasteiger partial charge in [-0.25, -0.2) is 4.79 Å². The third-order valence-electron chi connectivity index (χ3n) is 4.21. The molecule has 0 spiro atoms. The van der Waals surface area contributed by atoms with Gasteiger partial charge in [0.15, 0.2) is 0 Å². The number of nitrogens with zero attached hydrogens (tertiary/aromatic N) is 5. The molecule has 1 saturated heterocycles. The molecule has 2 aromatic rings. The Morgan fingerprint density at radius 3 is 2.61 bits per heavy atom. The van der Waals surface area contributed by atoms with E-state index in [4.69, 9.17) is 0 Å². The Kier molecular flexibility index (Phi) is 4.18. The van der Waals surface area contributed by atoms with Crippen LogP contribution in [0.5, 0.6) is 0 Å². The molecule has 23 heavy (non-hydrogen) atoms. The van der Waals surface area contributed by atoms with Crippen LogP contribution in [0.4, 0.5) is 16.4 Å². The zero-order chi connectivity index (χ0) is 16.4. The van der Waals surface area contributed by atoms with Gasteiger partial charge in [0.1, 0.15) is 5.82 Å². The predicted octanol–water partition coefficient (Wildman–Crippen LogP) is 1.87. The minimum absolute atomic E-state index is 0.119. The van der Waals surface area contributed by atoms with Crippen molar-refractivity contribution in [2.45, 2.75) is 19.9 Å². The predicted molar refractivity (Wildman–Crippen MR) is 89.6 cm³/mol. The molecule has 1 aliphatic rings. The number of carbonyl (C=O) groups excluding carboxylic acids is 1. The van der Waals surface area contributed by atoms with Gasteiger partial charge in [0, 0.05) is 38.4 Å². The van der Waals surface area contributed by atoms with Gasteiger partial charge in [0.05, 0.1) is 0 Å². The number of piperazine rings is 1. The van der Waals surface area contributed by atoms with Crippen molar-refractivity contribution >= 4 is 17.7 Å². The van der Waals surface area contributed by atoms with Crippen LogP contribution in [0.1, 0.15) is 12.7 Å². The molecule has 0 radical (unpaired) electrons. The number of anilines is 2. The summed E-state index contributed by atoms with van der Waals surface area (Å²) in [6.07, 6.45) is 0. The van der Waals surface area contributed by atoms with Crippen molar-refractivity contribution in [3.8, 4) is 0 Å². The topological polar surface area (TPSA) is 66.3 Å². The summed E-state index contributed by atoms with van der Waals surface area (Å²) in [7, 11) is 1.80. The molecule has 2 amide bonds. The highest BCUT2D eigenvalue weighted by molar-refractivity contribution is 5.87. The molecule has 0 bridgehead atoms. The molecule has 1 N–H and O–H groups in total. The van der Waals surface area contributed by atoms with Crippen molar-refractivity contribution in [3.63, 3.8) is 0 Å². The third-order valence-corrected chi connectivity index (χ3v) is 4.21. The molecule has 1 fully saturated rings. The van der Waals surface area contributed by atoms with E-state index in [0.717, 1.165) is 18.9 Å². The Balaban J connectivity index is 1.62. The SMILES string of the molecule is Cc1nc(NC(=O)N2CCN(c3ccccc3)CC2C)nn1C. The number of amides is 2. The van der Waals surface area contributed by atoms with Gasteiger partial charge in [-0.2, -0.15) is 4.98 Å². The van der Waals surface area contributed by atoms with Gasteiger partial charge in [-0.1, -0.05) is 18.2 Å². The summed E-state index contributed by atoms with van der Waals surface area (Å²) in [5.74, 6) is 1.12. The molecule has 1 aromatic carbocycles. The second-order valence-corrected chi connectivity index (χ2v) is 5.86. The monoisotopic (exact) mass is 314 g/mol. The number of urea groups is 1. The highest BCUT2D eigenvalue weighted by Gasteiger charge is 2.28. The molecule has 2 heterocycles. The molecule has 3 rings (SSSR count). The zero-order valence-corrected chi connectivity index (χ0v) is 13.7. The Hall–Kier alpha value is -2.57. The number of aromatic nitrogens is 3. The smallest absolute Gasteiger partial charge is 0.324 e. The molecule has 1 aromatic heterocycles. The van der Waals surface area contributed by atoms with Gasteiger partial charge in [0.2, 0.25) is 5.95 Å². The van der Waals surface area contributed by atoms with E-state index in [1.807, 2.05) is 30.0 Å². The van der Waals surface area contributed by atoms with Crippen LogP contribution in [-0.4, -0.2) is 51.4 Å². The molecule has 0 aliphatic carbocycles. The molecule has 1 atom stereocenters. The number of rotatable bonds is 2. The van der Waals surface area contributed by atoms with Gasteiger partial charge in [-0.3, -0.25) is 10.00 Å². The van der Waals surface area contributed by atoms with Gasteiger partial charge >= 0.3 is 6.03 Å². The van der Waals surface area contributed by atoms with Gasteiger partial charge in [-0.15, -0.1) is 5.10 Å². The summed E-state index contributed by atoms with van der Waals surface area (Å²) in [6.45, 7) is 6.21.